The molecule has 6 aromatic carbocycles. The maximum atomic E-state index is 13.2. The van der Waals surface area contributed by atoms with Gasteiger partial charge in [-0.15, -0.1) is 0 Å². The van der Waals surface area contributed by atoms with Crippen molar-refractivity contribution in [1.29, 1.82) is 0 Å². The lowest BCUT2D eigenvalue weighted by molar-refractivity contribution is 0.0834. The fourth-order valence-electron chi connectivity index (χ4n) is 6.98. The van der Waals surface area contributed by atoms with E-state index in [4.69, 9.17) is 0 Å². The third-order valence-corrected chi connectivity index (χ3v) is 13.4. The summed E-state index contributed by atoms with van der Waals surface area (Å²) in [7, 11) is -7.86. The van der Waals surface area contributed by atoms with Crippen LogP contribution in [0.25, 0.3) is 0 Å². The molecule has 272 valence electrons. The molecule has 0 N–H and O–H groups in total. The third-order valence-electron chi connectivity index (χ3n) is 9.90. The zero-order valence-electron chi connectivity index (χ0n) is 29.7. The van der Waals surface area contributed by atoms with Gasteiger partial charge in [-0.25, -0.2) is 25.4 Å². The van der Waals surface area contributed by atoms with E-state index in [0.29, 0.717) is 11.1 Å². The summed E-state index contributed by atoms with van der Waals surface area (Å²) in [6, 6.07) is 47.1. The fraction of sp³-hybridized carbons (Fsp3) is 0.136. The quantitative estimate of drug-likeness (QED) is 0.171. The van der Waals surface area contributed by atoms with Gasteiger partial charge in [-0.1, -0.05) is 132 Å². The summed E-state index contributed by atoms with van der Waals surface area (Å²) in [6.07, 6.45) is 0. The largest absolute Gasteiger partial charge is 0.268 e. The van der Waals surface area contributed by atoms with E-state index in [1.54, 1.807) is 72.8 Å². The van der Waals surface area contributed by atoms with E-state index < -0.39 is 31.9 Å². The monoisotopic (exact) mass is 754 g/mol. The summed E-state index contributed by atoms with van der Waals surface area (Å²) in [6.45, 7) is 3.97. The van der Waals surface area contributed by atoms with Crippen LogP contribution in [0.1, 0.15) is 65.9 Å². The van der Waals surface area contributed by atoms with Crippen LogP contribution in [0, 0.1) is 13.8 Å². The Labute approximate surface area is 316 Å². The molecule has 10 heteroatoms. The Hall–Kier alpha value is -5.84. The highest BCUT2D eigenvalue weighted by Crippen LogP contribution is 2.37. The second-order valence-electron chi connectivity index (χ2n) is 13.4. The number of nitrogens with zero attached hydrogens (tertiary/aromatic N) is 2. The van der Waals surface area contributed by atoms with Crippen LogP contribution in [-0.2, 0) is 20.0 Å². The number of benzene rings is 6. The minimum atomic E-state index is -3.93. The van der Waals surface area contributed by atoms with Gasteiger partial charge in [0.15, 0.2) is 0 Å². The first-order valence-corrected chi connectivity index (χ1v) is 20.4. The van der Waals surface area contributed by atoms with Gasteiger partial charge < -0.3 is 0 Å². The summed E-state index contributed by atoms with van der Waals surface area (Å²) < 4.78 is 54.8. The topological polar surface area (TPSA) is 109 Å². The van der Waals surface area contributed by atoms with Crippen molar-refractivity contribution in [3.8, 4) is 0 Å². The van der Waals surface area contributed by atoms with E-state index >= 15 is 0 Å². The Balaban J connectivity index is 0.000000167. The Morgan fingerprint density at radius 1 is 0.426 bits per heavy atom. The number of sulfonamides is 2. The number of hydrogen-bond acceptors (Lipinski definition) is 6. The number of carbonyl (C=O) groups excluding carboxylic acids is 2. The van der Waals surface area contributed by atoms with Gasteiger partial charge >= 0.3 is 0 Å². The molecule has 0 aromatic heterocycles. The highest BCUT2D eigenvalue weighted by atomic mass is 32.2. The molecule has 0 spiro atoms. The molecular weight excluding hydrogens is 717 g/mol. The van der Waals surface area contributed by atoms with Crippen LogP contribution in [-0.4, -0.2) is 50.3 Å². The fourth-order valence-corrected chi connectivity index (χ4v) is 9.78. The maximum absolute atomic E-state index is 13.2. The SMILES string of the molecule is Cc1ccc(S(=O)(=O)N2C[C@@H](c3ccccc3)c3ccccc3C2=O)cc1.Cc1ccc(S(=O)(=O)N2C[C@@H](c3ccccc3)c3ccccc3C2=O)cc1. The second-order valence-corrected chi connectivity index (χ2v) is 17.1. The molecule has 0 fully saturated rings. The van der Waals surface area contributed by atoms with Crippen molar-refractivity contribution in [3.05, 3.63) is 202 Å². The van der Waals surface area contributed by atoms with Crippen molar-refractivity contribution in [3.63, 3.8) is 0 Å². The molecule has 2 aliphatic rings. The van der Waals surface area contributed by atoms with Gasteiger partial charge in [0.05, 0.1) is 9.79 Å². The van der Waals surface area contributed by atoms with Crippen LogP contribution in [0.2, 0.25) is 0 Å². The van der Waals surface area contributed by atoms with Crippen LogP contribution >= 0.6 is 0 Å². The third kappa shape index (κ3) is 6.98. The van der Waals surface area contributed by atoms with E-state index in [0.717, 1.165) is 42.0 Å². The van der Waals surface area contributed by atoms with Crippen LogP contribution in [0.5, 0.6) is 0 Å². The summed E-state index contributed by atoms with van der Waals surface area (Å²) in [5.74, 6) is -1.34. The molecule has 0 saturated carbocycles. The Morgan fingerprint density at radius 2 is 0.741 bits per heavy atom. The van der Waals surface area contributed by atoms with E-state index in [1.165, 1.54) is 0 Å². The molecule has 2 aliphatic heterocycles. The van der Waals surface area contributed by atoms with Crippen LogP contribution in [0.3, 0.4) is 0 Å². The first-order chi connectivity index (χ1) is 26.0. The summed E-state index contributed by atoms with van der Waals surface area (Å²) in [5.41, 5.74) is 6.51. The lowest BCUT2D eigenvalue weighted by Crippen LogP contribution is -2.44. The molecule has 2 amide bonds. The van der Waals surface area contributed by atoms with Gasteiger partial charge in [0.25, 0.3) is 31.9 Å². The van der Waals surface area contributed by atoms with Crippen molar-refractivity contribution < 1.29 is 26.4 Å². The first-order valence-electron chi connectivity index (χ1n) is 17.5. The van der Waals surface area contributed by atoms with Crippen LogP contribution in [0.15, 0.2) is 168 Å². The average molecular weight is 755 g/mol. The van der Waals surface area contributed by atoms with Gasteiger partial charge in [-0.2, -0.15) is 0 Å². The number of hydrogen-bond donors (Lipinski definition) is 0. The van der Waals surface area contributed by atoms with Crippen molar-refractivity contribution in [2.45, 2.75) is 35.5 Å². The minimum Gasteiger partial charge on any atom is -0.268 e. The second kappa shape index (κ2) is 14.9. The van der Waals surface area contributed by atoms with E-state index in [-0.39, 0.29) is 34.7 Å². The number of aryl methyl sites for hydroxylation is 2. The molecule has 0 unspecified atom stereocenters. The van der Waals surface area contributed by atoms with E-state index in [2.05, 4.69) is 0 Å². The predicted molar refractivity (Wildman–Crippen MR) is 208 cm³/mol. The highest BCUT2D eigenvalue weighted by Gasteiger charge is 2.40. The molecule has 54 heavy (non-hydrogen) atoms. The number of fused-ring (bicyclic) bond motifs is 2. The van der Waals surface area contributed by atoms with Crippen molar-refractivity contribution in [2.75, 3.05) is 13.1 Å². The molecular formula is C44H38N2O6S2. The molecule has 6 aromatic rings. The molecule has 8 nitrogen and oxygen atoms in total. The van der Waals surface area contributed by atoms with Gasteiger partial charge in [-0.3, -0.25) is 9.59 Å². The Kier molecular flexibility index (Phi) is 10.1. The van der Waals surface area contributed by atoms with Gasteiger partial charge in [0, 0.05) is 36.1 Å². The zero-order valence-corrected chi connectivity index (χ0v) is 31.4. The minimum absolute atomic E-state index is 0.0933. The van der Waals surface area contributed by atoms with Crippen molar-refractivity contribution in [1.82, 2.24) is 8.61 Å². The average Bonchev–Trinajstić information content (AvgIpc) is 3.19. The molecule has 2 atom stereocenters. The highest BCUT2D eigenvalue weighted by molar-refractivity contribution is 7.90. The normalized spacial score (nSPS) is 16.9. The smallest absolute Gasteiger partial charge is 0.267 e. The van der Waals surface area contributed by atoms with Crippen molar-refractivity contribution >= 4 is 31.9 Å². The van der Waals surface area contributed by atoms with Crippen LogP contribution in [0.4, 0.5) is 0 Å². The van der Waals surface area contributed by atoms with Gasteiger partial charge in [-0.05, 0) is 72.5 Å². The molecule has 0 bridgehead atoms. The molecule has 0 aliphatic carbocycles. The van der Waals surface area contributed by atoms with E-state index in [1.807, 2.05) is 98.8 Å². The summed E-state index contributed by atoms with van der Waals surface area (Å²) >= 11 is 0. The predicted octanol–water partition coefficient (Wildman–Crippen LogP) is 7.94. The molecule has 2 heterocycles. The summed E-state index contributed by atoms with van der Waals surface area (Å²) in [5, 5.41) is 0. The van der Waals surface area contributed by atoms with Gasteiger partial charge in [0.2, 0.25) is 0 Å². The zero-order chi connectivity index (χ0) is 38.0. The Bertz CT molecular complexity index is 2360. The molecule has 0 radical (unpaired) electrons. The molecule has 0 saturated heterocycles. The van der Waals surface area contributed by atoms with Crippen LogP contribution < -0.4 is 0 Å². The lowest BCUT2D eigenvalue weighted by Gasteiger charge is -2.34. The summed E-state index contributed by atoms with van der Waals surface area (Å²) in [4.78, 5) is 26.3. The number of amides is 2. The van der Waals surface area contributed by atoms with E-state index in [9.17, 15) is 26.4 Å². The van der Waals surface area contributed by atoms with Crippen molar-refractivity contribution in [2.24, 2.45) is 0 Å². The maximum Gasteiger partial charge on any atom is 0.267 e. The standard InChI is InChI=1S/2C22H19NO3S/c2*1-16-11-13-18(14-12-16)27(25,26)23-15-21(17-7-3-2-4-8-17)19-9-5-6-10-20(19)22(23)24/h2*2-14,21H,15H2,1H3/t2*21-/m00/s1. The molecule has 8 rings (SSSR count). The lowest BCUT2D eigenvalue weighted by atomic mass is 9.85. The Morgan fingerprint density at radius 3 is 1.09 bits per heavy atom. The first kappa shape index (κ1) is 36.5. The number of rotatable bonds is 6. The van der Waals surface area contributed by atoms with Gasteiger partial charge in [0.1, 0.15) is 0 Å². The number of carbonyl (C=O) groups is 2.